The highest BCUT2D eigenvalue weighted by Crippen LogP contribution is 2.31. The van der Waals surface area contributed by atoms with Gasteiger partial charge in [-0.1, -0.05) is 23.9 Å². The van der Waals surface area contributed by atoms with Gasteiger partial charge in [-0.25, -0.2) is 15.0 Å². The molecule has 2 aromatic heterocycles. The van der Waals surface area contributed by atoms with Gasteiger partial charge in [0.2, 0.25) is 0 Å². The fourth-order valence-electron chi connectivity index (χ4n) is 1.88. The number of fused-ring (bicyclic) bond motifs is 1. The molecule has 0 radical (unpaired) electrons. The smallest absolute Gasteiger partial charge is 0.292 e. The molecule has 1 aromatic carbocycles. The molecule has 0 saturated heterocycles. The van der Waals surface area contributed by atoms with Gasteiger partial charge >= 0.3 is 0 Å². The molecule has 0 atom stereocenters. The van der Waals surface area contributed by atoms with E-state index in [0.29, 0.717) is 17.0 Å². The van der Waals surface area contributed by atoms with E-state index in [0.717, 1.165) is 10.5 Å². The van der Waals surface area contributed by atoms with Gasteiger partial charge in [-0.3, -0.25) is 10.1 Å². The summed E-state index contributed by atoms with van der Waals surface area (Å²) in [5, 5.41) is 11.6. The van der Waals surface area contributed by atoms with Crippen molar-refractivity contribution in [2.75, 3.05) is 5.73 Å². The molecule has 0 fully saturated rings. The molecule has 106 valence electrons. The van der Waals surface area contributed by atoms with Crippen LogP contribution >= 0.6 is 11.8 Å². The van der Waals surface area contributed by atoms with Crippen LogP contribution in [0.25, 0.3) is 11.2 Å². The summed E-state index contributed by atoms with van der Waals surface area (Å²) in [6.45, 7) is 0. The Bertz CT molecular complexity index is 818. The number of nitrogens with one attached hydrogen (secondary N) is 1. The van der Waals surface area contributed by atoms with Crippen LogP contribution in [0.4, 0.5) is 11.4 Å². The minimum Gasteiger partial charge on any atom is -0.393 e. The standard InChI is InChI=1S/C12H10N6O2S/c13-9-7(2-1-3-8(9)18(19)20)4-21-12-10-11(15-5-14-10)16-6-17-12/h1-3,5-6H,4,13H2,(H,14,15,16,17). The van der Waals surface area contributed by atoms with Crippen molar-refractivity contribution in [3.8, 4) is 0 Å². The molecule has 0 spiro atoms. The number of para-hydroxylation sites is 1. The minimum atomic E-state index is -0.485. The predicted molar refractivity (Wildman–Crippen MR) is 78.8 cm³/mol. The van der Waals surface area contributed by atoms with E-state index >= 15 is 0 Å². The van der Waals surface area contributed by atoms with E-state index in [4.69, 9.17) is 5.73 Å². The van der Waals surface area contributed by atoms with Crippen molar-refractivity contribution in [1.82, 2.24) is 19.9 Å². The quantitative estimate of drug-likeness (QED) is 0.249. The molecular formula is C12H10N6O2S. The fraction of sp³-hybridized carbons (Fsp3) is 0.0833. The van der Waals surface area contributed by atoms with Crippen LogP contribution in [0.15, 0.2) is 35.9 Å². The Morgan fingerprint density at radius 1 is 1.33 bits per heavy atom. The number of rotatable bonds is 4. The molecule has 0 unspecified atom stereocenters. The van der Waals surface area contributed by atoms with E-state index < -0.39 is 4.92 Å². The number of H-pyrrole nitrogens is 1. The fourth-order valence-corrected chi connectivity index (χ4v) is 2.84. The van der Waals surface area contributed by atoms with E-state index in [1.807, 2.05) is 0 Å². The summed E-state index contributed by atoms with van der Waals surface area (Å²) < 4.78 is 0. The number of benzene rings is 1. The van der Waals surface area contributed by atoms with Crippen molar-refractivity contribution in [3.63, 3.8) is 0 Å². The van der Waals surface area contributed by atoms with Crippen molar-refractivity contribution < 1.29 is 4.92 Å². The topological polar surface area (TPSA) is 124 Å². The van der Waals surface area contributed by atoms with Gasteiger partial charge in [-0.05, 0) is 5.56 Å². The average Bonchev–Trinajstić information content (AvgIpc) is 2.95. The first kappa shape index (κ1) is 13.3. The minimum absolute atomic E-state index is 0.0810. The molecule has 9 heteroatoms. The van der Waals surface area contributed by atoms with Crippen LogP contribution in [0.1, 0.15) is 5.56 Å². The molecular weight excluding hydrogens is 292 g/mol. The number of nitro groups is 1. The van der Waals surface area contributed by atoms with Crippen molar-refractivity contribution in [2.45, 2.75) is 10.8 Å². The van der Waals surface area contributed by atoms with Gasteiger partial charge in [0.15, 0.2) is 5.65 Å². The first-order valence-corrected chi connectivity index (χ1v) is 6.94. The van der Waals surface area contributed by atoms with Crippen molar-refractivity contribution in [2.24, 2.45) is 0 Å². The van der Waals surface area contributed by atoms with Gasteiger partial charge in [0, 0.05) is 11.8 Å². The largest absolute Gasteiger partial charge is 0.393 e. The molecule has 2 heterocycles. The summed E-state index contributed by atoms with van der Waals surface area (Å²) in [5.41, 5.74) is 7.96. The second kappa shape index (κ2) is 5.37. The number of nitrogens with two attached hydrogens (primary N) is 1. The summed E-state index contributed by atoms with van der Waals surface area (Å²) >= 11 is 1.42. The lowest BCUT2D eigenvalue weighted by Crippen LogP contribution is -1.99. The Balaban J connectivity index is 1.87. The number of thioether (sulfide) groups is 1. The average molecular weight is 302 g/mol. The van der Waals surface area contributed by atoms with Crippen LogP contribution in [-0.4, -0.2) is 24.9 Å². The third kappa shape index (κ3) is 2.50. The molecule has 0 saturated carbocycles. The van der Waals surface area contributed by atoms with Crippen molar-refractivity contribution in [3.05, 3.63) is 46.5 Å². The summed E-state index contributed by atoms with van der Waals surface area (Å²) in [4.78, 5) is 25.6. The lowest BCUT2D eigenvalue weighted by atomic mass is 10.2. The second-order valence-corrected chi connectivity index (χ2v) is 5.14. The number of hydrogen-bond acceptors (Lipinski definition) is 7. The molecule has 3 rings (SSSR count). The normalized spacial score (nSPS) is 10.9. The third-order valence-electron chi connectivity index (χ3n) is 2.92. The molecule has 0 aliphatic heterocycles. The van der Waals surface area contributed by atoms with Crippen LogP contribution in [-0.2, 0) is 5.75 Å². The number of aromatic amines is 1. The number of anilines is 1. The van der Waals surface area contributed by atoms with Gasteiger partial charge in [-0.15, -0.1) is 0 Å². The van der Waals surface area contributed by atoms with E-state index in [9.17, 15) is 10.1 Å². The summed E-state index contributed by atoms with van der Waals surface area (Å²) in [7, 11) is 0. The Morgan fingerprint density at radius 3 is 3.00 bits per heavy atom. The lowest BCUT2D eigenvalue weighted by Gasteiger charge is -2.05. The van der Waals surface area contributed by atoms with Crippen LogP contribution in [0.5, 0.6) is 0 Å². The Hall–Kier alpha value is -2.68. The van der Waals surface area contributed by atoms with E-state index in [-0.39, 0.29) is 11.4 Å². The maximum absolute atomic E-state index is 10.9. The Morgan fingerprint density at radius 2 is 2.19 bits per heavy atom. The zero-order valence-electron chi connectivity index (χ0n) is 10.7. The number of imidazole rings is 1. The zero-order valence-corrected chi connectivity index (χ0v) is 11.5. The first-order chi connectivity index (χ1) is 10.2. The Kier molecular flexibility index (Phi) is 3.40. The number of hydrogen-bond donors (Lipinski definition) is 2. The van der Waals surface area contributed by atoms with Crippen LogP contribution in [0.2, 0.25) is 0 Å². The molecule has 0 aliphatic rings. The van der Waals surface area contributed by atoms with Crippen LogP contribution in [0, 0.1) is 10.1 Å². The van der Waals surface area contributed by atoms with Crippen molar-refractivity contribution >= 4 is 34.3 Å². The predicted octanol–water partition coefficient (Wildman–Crippen LogP) is 2.14. The maximum Gasteiger partial charge on any atom is 0.292 e. The number of nitrogen functional groups attached to an aromatic ring is 1. The molecule has 8 nitrogen and oxygen atoms in total. The molecule has 0 aliphatic carbocycles. The molecule has 21 heavy (non-hydrogen) atoms. The molecule has 3 aromatic rings. The SMILES string of the molecule is Nc1c(CSc2ncnc3nc[nH]c23)cccc1[N+](=O)[O-]. The van der Waals surface area contributed by atoms with Crippen LogP contribution < -0.4 is 5.73 Å². The lowest BCUT2D eigenvalue weighted by molar-refractivity contribution is -0.383. The van der Waals surface area contributed by atoms with E-state index in [1.165, 1.54) is 24.2 Å². The monoisotopic (exact) mass is 302 g/mol. The number of aromatic nitrogens is 4. The van der Waals surface area contributed by atoms with Gasteiger partial charge in [0.25, 0.3) is 5.69 Å². The van der Waals surface area contributed by atoms with Crippen molar-refractivity contribution in [1.29, 1.82) is 0 Å². The van der Waals surface area contributed by atoms with Gasteiger partial charge in [-0.2, -0.15) is 0 Å². The number of nitrogens with zero attached hydrogens (tertiary/aromatic N) is 4. The van der Waals surface area contributed by atoms with Gasteiger partial charge < -0.3 is 10.7 Å². The summed E-state index contributed by atoms with van der Waals surface area (Å²) in [6.07, 6.45) is 2.98. The highest BCUT2D eigenvalue weighted by molar-refractivity contribution is 7.98. The zero-order chi connectivity index (χ0) is 14.8. The molecule has 0 bridgehead atoms. The summed E-state index contributed by atoms with van der Waals surface area (Å²) in [5.74, 6) is 0.471. The first-order valence-electron chi connectivity index (χ1n) is 5.95. The van der Waals surface area contributed by atoms with E-state index in [1.54, 1.807) is 18.5 Å². The van der Waals surface area contributed by atoms with Gasteiger partial charge in [0.1, 0.15) is 22.6 Å². The maximum atomic E-state index is 10.9. The number of nitro benzene ring substituents is 1. The highest BCUT2D eigenvalue weighted by atomic mass is 32.2. The summed E-state index contributed by atoms with van der Waals surface area (Å²) in [6, 6.07) is 4.78. The third-order valence-corrected chi connectivity index (χ3v) is 3.96. The highest BCUT2D eigenvalue weighted by Gasteiger charge is 2.15. The van der Waals surface area contributed by atoms with Gasteiger partial charge in [0.05, 0.1) is 11.3 Å². The molecule has 0 amide bonds. The Labute approximate surface area is 123 Å². The van der Waals surface area contributed by atoms with Crippen LogP contribution in [0.3, 0.4) is 0 Å². The molecule has 3 N–H and O–H groups in total. The van der Waals surface area contributed by atoms with E-state index in [2.05, 4.69) is 19.9 Å². The second-order valence-electron chi connectivity index (χ2n) is 4.18.